The number of nitrogens with one attached hydrogen (secondary N) is 5. The Morgan fingerprint density at radius 2 is 1.21 bits per heavy atom. The number of carbonyl (C=O) groups is 5. The third kappa shape index (κ3) is 12.0. The van der Waals surface area contributed by atoms with Gasteiger partial charge in [-0.2, -0.15) is 0 Å². The van der Waals surface area contributed by atoms with Gasteiger partial charge in [-0.05, 0) is 42.5 Å². The lowest BCUT2D eigenvalue weighted by molar-refractivity contribution is -0.133. The van der Waals surface area contributed by atoms with Gasteiger partial charge >= 0.3 is 0 Å². The zero-order valence-electron chi connectivity index (χ0n) is 26.3. The monoisotopic (exact) mass is 642 g/mol. The van der Waals surface area contributed by atoms with E-state index in [2.05, 4.69) is 21.3 Å². The van der Waals surface area contributed by atoms with Crippen molar-refractivity contribution in [3.8, 4) is 0 Å². The van der Waals surface area contributed by atoms with Gasteiger partial charge in [0.15, 0.2) is 11.7 Å². The molecular weight excluding hydrogens is 600 g/mol. The number of hydrogen-bond donors (Lipinski definition) is 8. The number of nitrogen functional groups attached to an aromatic ring is 1. The van der Waals surface area contributed by atoms with E-state index >= 15 is 0 Å². The van der Waals surface area contributed by atoms with Crippen LogP contribution in [0.5, 0.6) is 0 Å². The van der Waals surface area contributed by atoms with Gasteiger partial charge in [0.25, 0.3) is 0 Å². The van der Waals surface area contributed by atoms with Gasteiger partial charge in [-0.15, -0.1) is 0 Å². The minimum absolute atomic E-state index is 0.0864. The van der Waals surface area contributed by atoms with Crippen LogP contribution in [0.2, 0.25) is 0 Å². The Morgan fingerprint density at radius 1 is 0.681 bits per heavy atom. The van der Waals surface area contributed by atoms with Crippen LogP contribution in [0.1, 0.15) is 53.2 Å². The molecule has 0 radical (unpaired) electrons. The van der Waals surface area contributed by atoms with E-state index in [0.717, 1.165) is 5.56 Å². The average molecular weight is 643 g/mol. The first-order valence-corrected chi connectivity index (χ1v) is 15.2. The second-order valence-corrected chi connectivity index (χ2v) is 11.2. The summed E-state index contributed by atoms with van der Waals surface area (Å²) in [5.74, 6) is -2.77. The van der Waals surface area contributed by atoms with E-state index in [1.807, 2.05) is 6.07 Å². The maximum absolute atomic E-state index is 13.6. The smallest absolute Gasteiger partial charge is 0.243 e. The van der Waals surface area contributed by atoms with Gasteiger partial charge in [-0.3, -0.25) is 29.4 Å². The summed E-state index contributed by atoms with van der Waals surface area (Å²) >= 11 is 0. The number of ketones is 1. The Hall–Kier alpha value is -5.72. The van der Waals surface area contributed by atoms with Gasteiger partial charge in [-0.1, -0.05) is 66.7 Å². The minimum atomic E-state index is -1.07. The topological polar surface area (TPSA) is 235 Å². The molecule has 0 aromatic heterocycles. The van der Waals surface area contributed by atoms with Crippen molar-refractivity contribution in [1.29, 1.82) is 5.41 Å². The van der Waals surface area contributed by atoms with E-state index in [1.165, 1.54) is 6.92 Å². The first-order valence-electron chi connectivity index (χ1n) is 15.2. The minimum Gasteiger partial charge on any atom is -0.399 e. The number of amides is 4. The second kappa shape index (κ2) is 17.7. The molecule has 0 saturated carbocycles. The fourth-order valence-electron chi connectivity index (χ4n) is 4.86. The summed E-state index contributed by atoms with van der Waals surface area (Å²) in [5, 5.41) is 18.0. The summed E-state index contributed by atoms with van der Waals surface area (Å²) in [7, 11) is 0. The lowest BCUT2D eigenvalue weighted by Gasteiger charge is -2.25. The molecule has 1 unspecified atom stereocenters. The predicted octanol–water partition coefficient (Wildman–Crippen LogP) is 0.898. The highest BCUT2D eigenvalue weighted by atomic mass is 16.2. The van der Waals surface area contributed by atoms with Gasteiger partial charge in [0.2, 0.25) is 23.6 Å². The molecule has 0 heterocycles. The quantitative estimate of drug-likeness (QED) is 0.0345. The number of benzene rings is 3. The first kappa shape index (κ1) is 35.8. The van der Waals surface area contributed by atoms with Crippen molar-refractivity contribution in [3.63, 3.8) is 0 Å². The highest BCUT2D eigenvalue weighted by Crippen LogP contribution is 2.14. The van der Waals surface area contributed by atoms with Crippen LogP contribution in [0.3, 0.4) is 0 Å². The van der Waals surface area contributed by atoms with E-state index in [1.54, 1.807) is 72.8 Å². The third-order valence-electron chi connectivity index (χ3n) is 7.33. The molecule has 3 rings (SSSR count). The van der Waals surface area contributed by atoms with Crippen LogP contribution in [0.15, 0.2) is 78.9 Å². The number of anilines is 1. The Balaban J connectivity index is 1.74. The zero-order chi connectivity index (χ0) is 34.3. The van der Waals surface area contributed by atoms with Gasteiger partial charge in [0, 0.05) is 43.1 Å². The highest BCUT2D eigenvalue weighted by molar-refractivity contribution is 6.09. The molecule has 0 spiro atoms. The maximum Gasteiger partial charge on any atom is 0.243 e. The van der Waals surface area contributed by atoms with Gasteiger partial charge in [0.05, 0.1) is 0 Å². The van der Waals surface area contributed by atoms with Crippen LogP contribution in [-0.2, 0) is 32.0 Å². The second-order valence-electron chi connectivity index (χ2n) is 11.2. The summed E-state index contributed by atoms with van der Waals surface area (Å²) in [4.78, 5) is 64.2. The molecular formula is C34H42N8O5. The summed E-state index contributed by atoms with van der Waals surface area (Å²) in [6.07, 6.45) is 1.38. The van der Waals surface area contributed by atoms with Crippen LogP contribution >= 0.6 is 0 Å². The van der Waals surface area contributed by atoms with E-state index in [4.69, 9.17) is 22.6 Å². The number of guanidine groups is 1. The molecule has 0 saturated heterocycles. The summed E-state index contributed by atoms with van der Waals surface area (Å²) in [6.45, 7) is 1.67. The van der Waals surface area contributed by atoms with E-state index in [-0.39, 0.29) is 31.0 Å². The van der Waals surface area contributed by atoms with Crippen molar-refractivity contribution < 1.29 is 24.0 Å². The normalized spacial score (nSPS) is 12.5. The number of primary amides is 1. The molecule has 11 N–H and O–H groups in total. The number of carbonyl (C=O) groups excluding carboxylic acids is 5. The van der Waals surface area contributed by atoms with Crippen molar-refractivity contribution >= 4 is 41.1 Å². The Bertz CT molecular complexity index is 1540. The third-order valence-corrected chi connectivity index (χ3v) is 7.33. The molecule has 47 heavy (non-hydrogen) atoms. The number of hydrogen-bond acceptors (Lipinski definition) is 7. The van der Waals surface area contributed by atoms with Gasteiger partial charge < -0.3 is 38.5 Å². The van der Waals surface area contributed by atoms with Crippen molar-refractivity contribution in [1.82, 2.24) is 21.3 Å². The molecule has 248 valence electrons. The molecule has 0 aliphatic carbocycles. The fourth-order valence-corrected chi connectivity index (χ4v) is 4.86. The number of unbranched alkanes of at least 4 members (excludes halogenated alkanes) is 1. The molecule has 3 atom stereocenters. The van der Waals surface area contributed by atoms with Crippen molar-refractivity contribution in [2.45, 2.75) is 57.2 Å². The lowest BCUT2D eigenvalue weighted by atomic mass is 9.99. The molecule has 13 nitrogen and oxygen atoms in total. The molecule has 4 amide bonds. The Morgan fingerprint density at radius 3 is 1.79 bits per heavy atom. The molecule has 3 aromatic rings. The van der Waals surface area contributed by atoms with Crippen molar-refractivity contribution in [2.24, 2.45) is 11.5 Å². The predicted molar refractivity (Wildman–Crippen MR) is 179 cm³/mol. The van der Waals surface area contributed by atoms with Crippen LogP contribution in [0.4, 0.5) is 5.69 Å². The zero-order valence-corrected chi connectivity index (χ0v) is 26.3. The average Bonchev–Trinajstić information content (AvgIpc) is 3.04. The molecule has 0 aliphatic rings. The van der Waals surface area contributed by atoms with Crippen LogP contribution in [-0.4, -0.2) is 60.0 Å². The SMILES string of the molecule is CC(=O)NC(Cc1ccc(C(=O)c2ccccc2)cc1)C(=O)N[C@@H](CCCCNC(=N)N)C(=O)N[C@@H](Cc1ccc(N)cc1)C(N)=O. The van der Waals surface area contributed by atoms with Gasteiger partial charge in [-0.25, -0.2) is 0 Å². The lowest BCUT2D eigenvalue weighted by Crippen LogP contribution is -2.57. The molecule has 0 fully saturated rings. The van der Waals surface area contributed by atoms with E-state index < -0.39 is 41.8 Å². The van der Waals surface area contributed by atoms with Crippen molar-refractivity contribution in [3.05, 3.63) is 101 Å². The standard InChI is InChI=1S/C34H42N8O5/c1-21(43)40-29(20-22-10-14-25(15-11-22)30(44)24-7-3-2-4-8-24)33(47)41-27(9-5-6-18-39-34(37)38)32(46)42-28(31(36)45)19-23-12-16-26(35)17-13-23/h2-4,7-8,10-17,27-29H,5-6,9,18-20,35H2,1H3,(H2,36,45)(H,40,43)(H,41,47)(H,42,46)(H4,37,38,39)/t27-,28-,29?/m0/s1. The van der Waals surface area contributed by atoms with E-state index in [0.29, 0.717) is 41.8 Å². The summed E-state index contributed by atoms with van der Waals surface area (Å²) in [6, 6.07) is 19.2. The summed E-state index contributed by atoms with van der Waals surface area (Å²) in [5.41, 5.74) is 19.7. The Labute approximate surface area is 273 Å². The fraction of sp³-hybridized carbons (Fsp3) is 0.294. The van der Waals surface area contributed by atoms with Crippen LogP contribution in [0, 0.1) is 5.41 Å². The molecule has 0 aliphatic heterocycles. The molecule has 0 bridgehead atoms. The van der Waals surface area contributed by atoms with Crippen LogP contribution in [0.25, 0.3) is 0 Å². The van der Waals surface area contributed by atoms with E-state index in [9.17, 15) is 24.0 Å². The molecule has 13 heteroatoms. The largest absolute Gasteiger partial charge is 0.399 e. The highest BCUT2D eigenvalue weighted by Gasteiger charge is 2.29. The number of nitrogens with two attached hydrogens (primary N) is 3. The van der Waals surface area contributed by atoms with Gasteiger partial charge in [0.1, 0.15) is 18.1 Å². The van der Waals surface area contributed by atoms with Crippen molar-refractivity contribution in [2.75, 3.05) is 12.3 Å². The maximum atomic E-state index is 13.6. The summed E-state index contributed by atoms with van der Waals surface area (Å²) < 4.78 is 0. The number of rotatable bonds is 17. The molecule has 3 aromatic carbocycles. The Kier molecular flexibility index (Phi) is 13.5. The first-order chi connectivity index (χ1) is 22.4. The van der Waals surface area contributed by atoms with Crippen LogP contribution < -0.4 is 38.5 Å².